The van der Waals surface area contributed by atoms with Gasteiger partial charge in [-0.15, -0.1) is 0 Å². The van der Waals surface area contributed by atoms with Crippen molar-refractivity contribution in [2.24, 2.45) is 5.92 Å². The molecule has 94 valence electrons. The minimum Gasteiger partial charge on any atom is -0.496 e. The molecule has 0 aliphatic heterocycles. The lowest BCUT2D eigenvalue weighted by atomic mass is 9.73. The lowest BCUT2D eigenvalue weighted by Crippen LogP contribution is -2.19. The number of hydrogen-bond donors (Lipinski definition) is 0. The molecule has 0 N–H and O–H groups in total. The van der Waals surface area contributed by atoms with E-state index in [9.17, 15) is 0 Å². The van der Waals surface area contributed by atoms with Crippen molar-refractivity contribution in [3.63, 3.8) is 0 Å². The first-order chi connectivity index (χ1) is 8.15. The smallest absolute Gasteiger partial charge is 0.125 e. The first-order valence-electron chi connectivity index (χ1n) is 6.82. The molecule has 1 fully saturated rings. The zero-order chi connectivity index (χ0) is 12.4. The Bertz CT molecular complexity index is 377. The molecule has 17 heavy (non-hydrogen) atoms. The highest BCUT2D eigenvalue weighted by Gasteiger charge is 2.27. The van der Waals surface area contributed by atoms with E-state index in [-0.39, 0.29) is 0 Å². The van der Waals surface area contributed by atoms with Gasteiger partial charge in [0, 0.05) is 0 Å². The number of hydrogen-bond acceptors (Lipinski definition) is 1. The summed E-state index contributed by atoms with van der Waals surface area (Å²) in [5.74, 6) is 3.16. The molecule has 1 aliphatic rings. The Morgan fingerprint density at radius 3 is 2.24 bits per heavy atom. The molecule has 0 unspecified atom stereocenters. The highest BCUT2D eigenvalue weighted by molar-refractivity contribution is 5.45. The van der Waals surface area contributed by atoms with Crippen molar-refractivity contribution >= 4 is 0 Å². The predicted octanol–water partition coefficient (Wildman–Crippen LogP) is 4.72. The molecule has 1 aliphatic carbocycles. The summed E-state index contributed by atoms with van der Waals surface area (Å²) in [5, 5.41) is 0. The van der Waals surface area contributed by atoms with E-state index in [4.69, 9.17) is 4.74 Å². The Hall–Kier alpha value is -0.980. The highest BCUT2D eigenvalue weighted by Crippen LogP contribution is 2.43. The van der Waals surface area contributed by atoms with Gasteiger partial charge < -0.3 is 4.74 Å². The van der Waals surface area contributed by atoms with Crippen LogP contribution in [0.2, 0.25) is 0 Å². The third-order valence-electron chi connectivity index (χ3n) is 4.25. The van der Waals surface area contributed by atoms with Gasteiger partial charge >= 0.3 is 0 Å². The topological polar surface area (TPSA) is 9.23 Å². The fourth-order valence-corrected chi connectivity index (χ4v) is 2.82. The van der Waals surface area contributed by atoms with E-state index in [2.05, 4.69) is 39.0 Å². The van der Waals surface area contributed by atoms with Crippen LogP contribution in [0.15, 0.2) is 18.2 Å². The summed E-state index contributed by atoms with van der Waals surface area (Å²) in [6, 6.07) is 6.62. The van der Waals surface area contributed by atoms with Crippen molar-refractivity contribution in [1.29, 1.82) is 0 Å². The third kappa shape index (κ3) is 2.34. The Morgan fingerprint density at radius 2 is 1.76 bits per heavy atom. The third-order valence-corrected chi connectivity index (χ3v) is 4.25. The number of ether oxygens (including phenoxy) is 1. The molecule has 0 amide bonds. The summed E-state index contributed by atoms with van der Waals surface area (Å²) < 4.78 is 5.68. The van der Waals surface area contributed by atoms with Gasteiger partial charge in [-0.2, -0.15) is 0 Å². The first kappa shape index (κ1) is 12.5. The van der Waals surface area contributed by atoms with Crippen LogP contribution in [0.5, 0.6) is 5.75 Å². The average molecular weight is 232 g/mol. The molecule has 1 heteroatoms. The van der Waals surface area contributed by atoms with Crippen LogP contribution in [-0.4, -0.2) is 7.11 Å². The van der Waals surface area contributed by atoms with E-state index in [0.29, 0.717) is 11.8 Å². The Morgan fingerprint density at radius 1 is 1.12 bits per heavy atom. The average Bonchev–Trinajstić information content (AvgIpc) is 2.25. The van der Waals surface area contributed by atoms with Gasteiger partial charge in [0.25, 0.3) is 0 Å². The number of rotatable bonds is 4. The van der Waals surface area contributed by atoms with Gasteiger partial charge in [0.05, 0.1) is 7.11 Å². The molecule has 1 aromatic carbocycles. The molecule has 1 saturated carbocycles. The Kier molecular flexibility index (Phi) is 3.76. The van der Waals surface area contributed by atoms with Crippen LogP contribution in [0, 0.1) is 5.92 Å². The Labute approximate surface area is 105 Å². The molecule has 0 heterocycles. The van der Waals surface area contributed by atoms with E-state index in [0.717, 1.165) is 11.7 Å². The Balaban J connectivity index is 2.35. The van der Waals surface area contributed by atoms with Crippen molar-refractivity contribution in [1.82, 2.24) is 0 Å². The fourth-order valence-electron chi connectivity index (χ4n) is 2.82. The predicted molar refractivity (Wildman–Crippen MR) is 72.8 cm³/mol. The van der Waals surface area contributed by atoms with Gasteiger partial charge in [-0.05, 0) is 41.7 Å². The molecule has 0 radical (unpaired) electrons. The van der Waals surface area contributed by atoms with Crippen LogP contribution in [0.3, 0.4) is 0 Å². The molecule has 0 spiro atoms. The number of benzene rings is 1. The maximum absolute atomic E-state index is 5.68. The van der Waals surface area contributed by atoms with Crippen molar-refractivity contribution in [2.45, 2.75) is 51.9 Å². The maximum atomic E-state index is 5.68. The second-order valence-corrected chi connectivity index (χ2v) is 5.60. The van der Waals surface area contributed by atoms with Gasteiger partial charge in [0.15, 0.2) is 0 Å². The lowest BCUT2D eigenvalue weighted by Gasteiger charge is -2.33. The molecule has 1 atom stereocenters. The molecule has 0 aromatic heterocycles. The molecule has 0 bridgehead atoms. The standard InChI is InChI=1S/C16H24O/c1-11(2)14-9-6-10-15(16(14)17-4)12(3)13-7-5-8-13/h6,9-13H,5,7-8H2,1-4H3/t12-/m0/s1. The van der Waals surface area contributed by atoms with Crippen molar-refractivity contribution < 1.29 is 4.74 Å². The molecular formula is C16H24O. The van der Waals surface area contributed by atoms with Crippen LogP contribution in [-0.2, 0) is 0 Å². The SMILES string of the molecule is COc1c(C(C)C)cccc1[C@@H](C)C1CCC1. The van der Waals surface area contributed by atoms with Crippen LogP contribution < -0.4 is 4.74 Å². The number of methoxy groups -OCH3 is 1. The minimum atomic E-state index is 0.526. The maximum Gasteiger partial charge on any atom is 0.125 e. The summed E-state index contributed by atoms with van der Waals surface area (Å²) in [6.45, 7) is 6.82. The van der Waals surface area contributed by atoms with Gasteiger partial charge in [0.2, 0.25) is 0 Å². The van der Waals surface area contributed by atoms with E-state index in [1.807, 2.05) is 0 Å². The van der Waals surface area contributed by atoms with Crippen molar-refractivity contribution in [3.8, 4) is 5.75 Å². The summed E-state index contributed by atoms with van der Waals surface area (Å²) in [5.41, 5.74) is 2.75. The normalized spacial score (nSPS) is 17.9. The summed E-state index contributed by atoms with van der Waals surface area (Å²) in [4.78, 5) is 0. The van der Waals surface area contributed by atoms with Crippen molar-refractivity contribution in [3.05, 3.63) is 29.3 Å². The van der Waals surface area contributed by atoms with Gasteiger partial charge in [0.1, 0.15) is 5.75 Å². The summed E-state index contributed by atoms with van der Waals surface area (Å²) >= 11 is 0. The molecule has 0 saturated heterocycles. The van der Waals surface area contributed by atoms with E-state index in [1.165, 1.54) is 30.4 Å². The first-order valence-corrected chi connectivity index (χ1v) is 6.82. The van der Waals surface area contributed by atoms with Crippen LogP contribution >= 0.6 is 0 Å². The van der Waals surface area contributed by atoms with Gasteiger partial charge in [-0.25, -0.2) is 0 Å². The van der Waals surface area contributed by atoms with E-state index >= 15 is 0 Å². The number of para-hydroxylation sites is 1. The zero-order valence-electron chi connectivity index (χ0n) is 11.5. The molecule has 1 nitrogen and oxygen atoms in total. The lowest BCUT2D eigenvalue weighted by molar-refractivity contribution is 0.267. The van der Waals surface area contributed by atoms with Crippen LogP contribution in [0.1, 0.15) is 63.0 Å². The minimum absolute atomic E-state index is 0.526. The second-order valence-electron chi connectivity index (χ2n) is 5.60. The van der Waals surface area contributed by atoms with Gasteiger partial charge in [-0.3, -0.25) is 0 Å². The van der Waals surface area contributed by atoms with E-state index < -0.39 is 0 Å². The highest BCUT2D eigenvalue weighted by atomic mass is 16.5. The van der Waals surface area contributed by atoms with E-state index in [1.54, 1.807) is 7.11 Å². The van der Waals surface area contributed by atoms with Crippen LogP contribution in [0.25, 0.3) is 0 Å². The monoisotopic (exact) mass is 232 g/mol. The second kappa shape index (κ2) is 5.12. The summed E-state index contributed by atoms with van der Waals surface area (Å²) in [6.07, 6.45) is 4.17. The van der Waals surface area contributed by atoms with Crippen molar-refractivity contribution in [2.75, 3.05) is 7.11 Å². The molecule has 1 aromatic rings. The van der Waals surface area contributed by atoms with Gasteiger partial charge in [-0.1, -0.05) is 45.4 Å². The molecular weight excluding hydrogens is 208 g/mol. The zero-order valence-corrected chi connectivity index (χ0v) is 11.5. The quantitative estimate of drug-likeness (QED) is 0.729. The molecule has 2 rings (SSSR count). The summed E-state index contributed by atoms with van der Waals surface area (Å²) in [7, 11) is 1.80. The van der Waals surface area contributed by atoms with Crippen LogP contribution in [0.4, 0.5) is 0 Å². The fraction of sp³-hybridized carbons (Fsp3) is 0.625. The largest absolute Gasteiger partial charge is 0.496 e.